The number of benzene rings is 2. The van der Waals surface area contributed by atoms with Crippen LogP contribution in [0.5, 0.6) is 5.75 Å². The molecule has 0 aliphatic rings. The van der Waals surface area contributed by atoms with E-state index >= 15 is 0 Å². The molecule has 0 unspecified atom stereocenters. The number of carbonyl (C=O) groups excluding carboxylic acids is 1. The average molecular weight is 381 g/mol. The van der Waals surface area contributed by atoms with Crippen LogP contribution in [0.2, 0.25) is 0 Å². The molecule has 146 valence electrons. The monoisotopic (exact) mass is 381 g/mol. The fraction of sp³-hybridized carbons (Fsp3) is 0.300. The second-order valence-electron chi connectivity index (χ2n) is 6.65. The van der Waals surface area contributed by atoms with E-state index in [1.165, 1.54) is 4.90 Å². The van der Waals surface area contributed by atoms with Gasteiger partial charge in [-0.25, -0.2) is 4.79 Å². The Labute approximate surface area is 162 Å². The van der Waals surface area contributed by atoms with E-state index in [-0.39, 0.29) is 12.5 Å². The fourth-order valence-electron chi connectivity index (χ4n) is 2.79. The van der Waals surface area contributed by atoms with Crippen molar-refractivity contribution in [1.82, 2.24) is 24.7 Å². The summed E-state index contributed by atoms with van der Waals surface area (Å²) in [5.41, 5.74) is 2.39. The summed E-state index contributed by atoms with van der Waals surface area (Å²) in [7, 11) is 1.67. The van der Waals surface area contributed by atoms with Gasteiger partial charge >= 0.3 is 5.69 Å². The molecule has 8 heteroatoms. The first-order valence-electron chi connectivity index (χ1n) is 8.97. The smallest absolute Gasteiger partial charge is 0.368 e. The van der Waals surface area contributed by atoms with Gasteiger partial charge in [-0.05, 0) is 59.7 Å². The van der Waals surface area contributed by atoms with Crippen LogP contribution < -0.4 is 10.4 Å². The van der Waals surface area contributed by atoms with E-state index < -0.39 is 5.69 Å². The maximum Gasteiger partial charge on any atom is 0.368 e. The number of amides is 1. The van der Waals surface area contributed by atoms with Crippen molar-refractivity contribution in [2.45, 2.75) is 20.4 Å². The molecule has 0 saturated carbocycles. The number of carbonyl (C=O) groups is 1. The Kier molecular flexibility index (Phi) is 5.88. The summed E-state index contributed by atoms with van der Waals surface area (Å²) in [6, 6.07) is 14.9. The van der Waals surface area contributed by atoms with Crippen molar-refractivity contribution < 1.29 is 9.53 Å². The summed E-state index contributed by atoms with van der Waals surface area (Å²) < 4.78 is 7.95. The number of hydrogen-bond acceptors (Lipinski definition) is 5. The number of nitrogens with zero attached hydrogens (tertiary/aromatic N) is 5. The van der Waals surface area contributed by atoms with Crippen molar-refractivity contribution >= 4 is 5.91 Å². The Morgan fingerprint density at radius 1 is 1.07 bits per heavy atom. The first-order chi connectivity index (χ1) is 13.4. The maximum atomic E-state index is 12.4. The van der Waals surface area contributed by atoms with Crippen LogP contribution in [0.25, 0.3) is 5.69 Å². The molecule has 1 heterocycles. The molecule has 3 rings (SSSR count). The van der Waals surface area contributed by atoms with Crippen molar-refractivity contribution in [3.8, 4) is 11.4 Å². The Hall–Kier alpha value is -3.42. The summed E-state index contributed by atoms with van der Waals surface area (Å²) in [5.74, 6) is 0.534. The van der Waals surface area contributed by atoms with Gasteiger partial charge in [-0.2, -0.15) is 9.36 Å². The second kappa shape index (κ2) is 8.51. The van der Waals surface area contributed by atoms with Crippen molar-refractivity contribution in [2.24, 2.45) is 0 Å². The van der Waals surface area contributed by atoms with E-state index in [9.17, 15) is 9.59 Å². The van der Waals surface area contributed by atoms with Gasteiger partial charge in [0.05, 0.1) is 12.2 Å². The highest BCUT2D eigenvalue weighted by molar-refractivity contribution is 5.75. The first-order valence-corrected chi connectivity index (χ1v) is 8.97. The van der Waals surface area contributed by atoms with E-state index in [0.29, 0.717) is 18.8 Å². The van der Waals surface area contributed by atoms with Crippen LogP contribution >= 0.6 is 0 Å². The predicted molar refractivity (Wildman–Crippen MR) is 105 cm³/mol. The third-order valence-electron chi connectivity index (χ3n) is 4.24. The quantitative estimate of drug-likeness (QED) is 0.621. The highest BCUT2D eigenvalue weighted by atomic mass is 16.5. The second-order valence-corrected chi connectivity index (χ2v) is 6.65. The van der Waals surface area contributed by atoms with Crippen LogP contribution in [0, 0.1) is 13.8 Å². The molecule has 0 saturated heterocycles. The number of aromatic nitrogens is 4. The third-order valence-corrected chi connectivity index (χ3v) is 4.24. The van der Waals surface area contributed by atoms with Gasteiger partial charge in [0.1, 0.15) is 18.9 Å². The lowest BCUT2D eigenvalue weighted by Crippen LogP contribution is -2.36. The van der Waals surface area contributed by atoms with Gasteiger partial charge in [0.15, 0.2) is 0 Å². The van der Waals surface area contributed by atoms with Gasteiger partial charge in [0.25, 0.3) is 0 Å². The lowest BCUT2D eigenvalue weighted by molar-refractivity contribution is -0.131. The zero-order valence-corrected chi connectivity index (χ0v) is 16.2. The van der Waals surface area contributed by atoms with Gasteiger partial charge < -0.3 is 9.64 Å². The van der Waals surface area contributed by atoms with Gasteiger partial charge in [-0.3, -0.25) is 4.79 Å². The number of aryl methyl sites for hydroxylation is 2. The molecule has 0 bridgehead atoms. The number of para-hydroxylation sites is 1. The van der Waals surface area contributed by atoms with Crippen molar-refractivity contribution in [1.29, 1.82) is 0 Å². The number of ether oxygens (including phenoxy) is 1. The normalized spacial score (nSPS) is 10.7. The van der Waals surface area contributed by atoms with Crippen LogP contribution in [-0.4, -0.2) is 50.8 Å². The van der Waals surface area contributed by atoms with Gasteiger partial charge in [0, 0.05) is 7.05 Å². The number of likely N-dealkylation sites (N-methyl/N-ethyl adjacent to an activating group) is 1. The highest BCUT2D eigenvalue weighted by Crippen LogP contribution is 2.16. The molecule has 28 heavy (non-hydrogen) atoms. The van der Waals surface area contributed by atoms with E-state index in [1.54, 1.807) is 31.3 Å². The van der Waals surface area contributed by atoms with E-state index in [1.807, 2.05) is 32.0 Å². The van der Waals surface area contributed by atoms with E-state index in [0.717, 1.165) is 26.2 Å². The Balaban J connectivity index is 1.56. The minimum atomic E-state index is -0.459. The largest absolute Gasteiger partial charge is 0.492 e. The maximum absolute atomic E-state index is 12.4. The summed E-state index contributed by atoms with van der Waals surface area (Å²) >= 11 is 0. The summed E-state index contributed by atoms with van der Waals surface area (Å²) in [4.78, 5) is 26.3. The summed E-state index contributed by atoms with van der Waals surface area (Å²) in [6.45, 7) is 4.60. The Bertz CT molecular complexity index is 990. The average Bonchev–Trinajstić information content (AvgIpc) is 3.02. The van der Waals surface area contributed by atoms with Crippen LogP contribution in [0.15, 0.2) is 53.3 Å². The van der Waals surface area contributed by atoms with Crippen molar-refractivity contribution in [3.63, 3.8) is 0 Å². The molecule has 1 aromatic heterocycles. The Morgan fingerprint density at radius 2 is 1.75 bits per heavy atom. The van der Waals surface area contributed by atoms with Crippen LogP contribution in [0.3, 0.4) is 0 Å². The molecule has 1 amide bonds. The standard InChI is InChI=1S/C20H23N5O3/c1-15-11-16(2)13-18(12-15)28-10-9-23(3)19(26)14-24-20(27)25(22-21-24)17-7-5-4-6-8-17/h4-8,11-13H,9-10,14H2,1-3H3. The Morgan fingerprint density at radius 3 is 2.43 bits per heavy atom. The first kappa shape index (κ1) is 19.3. The van der Waals surface area contributed by atoms with E-state index in [4.69, 9.17) is 4.74 Å². The summed E-state index contributed by atoms with van der Waals surface area (Å²) in [6.07, 6.45) is 0. The number of hydrogen-bond donors (Lipinski definition) is 0. The molecule has 0 aliphatic heterocycles. The van der Waals surface area contributed by atoms with Crippen LogP contribution in [0.4, 0.5) is 0 Å². The zero-order valence-electron chi connectivity index (χ0n) is 16.2. The fourth-order valence-corrected chi connectivity index (χ4v) is 2.79. The molecule has 3 aromatic rings. The molecule has 0 fully saturated rings. The van der Waals surface area contributed by atoms with Crippen molar-refractivity contribution in [2.75, 3.05) is 20.2 Å². The minimum absolute atomic E-state index is 0.175. The van der Waals surface area contributed by atoms with Gasteiger partial charge in [-0.1, -0.05) is 24.3 Å². The van der Waals surface area contributed by atoms with E-state index in [2.05, 4.69) is 16.5 Å². The predicted octanol–water partition coefficient (Wildman–Crippen LogP) is 1.58. The number of tetrazole rings is 1. The molecule has 0 atom stereocenters. The molecular formula is C20H23N5O3. The topological polar surface area (TPSA) is 82.2 Å². The van der Waals surface area contributed by atoms with Gasteiger partial charge in [0.2, 0.25) is 5.91 Å². The molecule has 0 radical (unpaired) electrons. The van der Waals surface area contributed by atoms with Crippen LogP contribution in [0.1, 0.15) is 11.1 Å². The SMILES string of the molecule is Cc1cc(C)cc(OCCN(C)C(=O)Cn2nnn(-c3ccccc3)c2=O)c1. The molecule has 8 nitrogen and oxygen atoms in total. The third kappa shape index (κ3) is 4.64. The molecule has 0 N–H and O–H groups in total. The molecule has 0 spiro atoms. The minimum Gasteiger partial charge on any atom is -0.492 e. The van der Waals surface area contributed by atoms with Crippen molar-refractivity contribution in [3.05, 3.63) is 70.1 Å². The lowest BCUT2D eigenvalue weighted by atomic mass is 10.1. The number of rotatable bonds is 7. The lowest BCUT2D eigenvalue weighted by Gasteiger charge is -2.17. The molecular weight excluding hydrogens is 358 g/mol. The van der Waals surface area contributed by atoms with Gasteiger partial charge in [-0.15, -0.1) is 0 Å². The summed E-state index contributed by atoms with van der Waals surface area (Å²) in [5, 5.41) is 7.64. The highest BCUT2D eigenvalue weighted by Gasteiger charge is 2.15. The zero-order chi connectivity index (χ0) is 20.1. The molecule has 0 aliphatic carbocycles. The van der Waals surface area contributed by atoms with Crippen LogP contribution in [-0.2, 0) is 11.3 Å². The molecule has 2 aromatic carbocycles.